The van der Waals surface area contributed by atoms with Gasteiger partial charge < -0.3 is 10.5 Å². The van der Waals surface area contributed by atoms with Crippen LogP contribution in [0.1, 0.15) is 35.6 Å². The van der Waals surface area contributed by atoms with Crippen LogP contribution < -0.4 is 5.73 Å². The lowest BCUT2D eigenvalue weighted by Gasteiger charge is -2.38. The minimum absolute atomic E-state index is 0.340. The van der Waals surface area contributed by atoms with Crippen molar-refractivity contribution in [1.29, 1.82) is 0 Å². The van der Waals surface area contributed by atoms with Crippen LogP contribution in [0.2, 0.25) is 0 Å². The predicted molar refractivity (Wildman–Crippen MR) is 77.2 cm³/mol. The SMILES string of the molecule is Cc1cccc(C(CN)N2CC3CCC(C2)O3)c1C. The number of ether oxygens (including phenoxy) is 1. The Balaban J connectivity index is 1.86. The van der Waals surface area contributed by atoms with Gasteiger partial charge >= 0.3 is 0 Å². The van der Waals surface area contributed by atoms with Crippen LogP contribution in [0.4, 0.5) is 0 Å². The van der Waals surface area contributed by atoms with E-state index < -0.39 is 0 Å². The molecule has 19 heavy (non-hydrogen) atoms. The molecule has 104 valence electrons. The molecular formula is C16H24N2O. The maximum atomic E-state index is 6.08. The maximum Gasteiger partial charge on any atom is 0.0707 e. The second-order valence-electron chi connectivity index (χ2n) is 5.95. The molecule has 3 heteroatoms. The van der Waals surface area contributed by atoms with E-state index in [1.165, 1.54) is 29.5 Å². The van der Waals surface area contributed by atoms with Crippen molar-refractivity contribution in [2.75, 3.05) is 19.6 Å². The molecule has 3 atom stereocenters. The molecule has 2 aliphatic heterocycles. The van der Waals surface area contributed by atoms with Crippen molar-refractivity contribution in [2.24, 2.45) is 5.73 Å². The van der Waals surface area contributed by atoms with E-state index in [4.69, 9.17) is 10.5 Å². The molecule has 0 aromatic heterocycles. The van der Waals surface area contributed by atoms with E-state index >= 15 is 0 Å². The molecule has 2 saturated heterocycles. The van der Waals surface area contributed by atoms with Crippen molar-refractivity contribution in [3.05, 3.63) is 34.9 Å². The van der Waals surface area contributed by atoms with E-state index in [2.05, 4.69) is 36.9 Å². The fourth-order valence-electron chi connectivity index (χ4n) is 3.51. The zero-order chi connectivity index (χ0) is 13.4. The predicted octanol–water partition coefficient (Wildman–Crippen LogP) is 2.17. The molecule has 2 heterocycles. The molecular weight excluding hydrogens is 236 g/mol. The van der Waals surface area contributed by atoms with Crippen LogP contribution in [0.15, 0.2) is 18.2 Å². The van der Waals surface area contributed by atoms with Gasteiger partial charge in [0.05, 0.1) is 12.2 Å². The lowest BCUT2D eigenvalue weighted by atomic mass is 9.96. The van der Waals surface area contributed by atoms with Gasteiger partial charge in [-0.2, -0.15) is 0 Å². The van der Waals surface area contributed by atoms with Gasteiger partial charge in [0.25, 0.3) is 0 Å². The van der Waals surface area contributed by atoms with E-state index in [1.807, 2.05) is 0 Å². The Morgan fingerprint density at radius 1 is 1.26 bits per heavy atom. The first-order chi connectivity index (χ1) is 9.19. The maximum absolute atomic E-state index is 6.08. The average Bonchev–Trinajstić information content (AvgIpc) is 2.74. The highest BCUT2D eigenvalue weighted by Gasteiger charge is 2.36. The molecule has 0 saturated carbocycles. The fourth-order valence-corrected chi connectivity index (χ4v) is 3.51. The molecule has 0 amide bonds. The zero-order valence-corrected chi connectivity index (χ0v) is 11.9. The smallest absolute Gasteiger partial charge is 0.0707 e. The molecule has 2 N–H and O–H groups in total. The number of hydrogen-bond acceptors (Lipinski definition) is 3. The summed E-state index contributed by atoms with van der Waals surface area (Å²) in [5.74, 6) is 0. The second kappa shape index (κ2) is 5.23. The van der Waals surface area contributed by atoms with Gasteiger partial charge in [0, 0.05) is 25.7 Å². The Morgan fingerprint density at radius 2 is 1.95 bits per heavy atom. The number of likely N-dealkylation sites (tertiary alicyclic amines) is 1. The summed E-state index contributed by atoms with van der Waals surface area (Å²) in [6, 6.07) is 6.90. The summed E-state index contributed by atoms with van der Waals surface area (Å²) >= 11 is 0. The highest BCUT2D eigenvalue weighted by Crippen LogP contribution is 2.32. The molecule has 3 unspecified atom stereocenters. The summed E-state index contributed by atoms with van der Waals surface area (Å²) in [6.45, 7) is 7.14. The lowest BCUT2D eigenvalue weighted by molar-refractivity contribution is -0.0521. The van der Waals surface area contributed by atoms with Gasteiger partial charge in [-0.05, 0) is 43.4 Å². The molecule has 3 rings (SSSR count). The van der Waals surface area contributed by atoms with Gasteiger partial charge in [0.15, 0.2) is 0 Å². The molecule has 2 aliphatic rings. The average molecular weight is 260 g/mol. The summed E-state index contributed by atoms with van der Waals surface area (Å²) in [5.41, 5.74) is 10.2. The van der Waals surface area contributed by atoms with Crippen molar-refractivity contribution in [2.45, 2.75) is 44.9 Å². The summed E-state index contributed by atoms with van der Waals surface area (Å²) in [4.78, 5) is 2.54. The third-order valence-electron chi connectivity index (χ3n) is 4.74. The van der Waals surface area contributed by atoms with Crippen molar-refractivity contribution >= 4 is 0 Å². The quantitative estimate of drug-likeness (QED) is 0.905. The van der Waals surface area contributed by atoms with Crippen LogP contribution in [0.25, 0.3) is 0 Å². The van der Waals surface area contributed by atoms with E-state index in [0.29, 0.717) is 24.8 Å². The third-order valence-corrected chi connectivity index (χ3v) is 4.74. The minimum Gasteiger partial charge on any atom is -0.372 e. The Bertz CT molecular complexity index is 448. The summed E-state index contributed by atoms with van der Waals surface area (Å²) in [7, 11) is 0. The first kappa shape index (κ1) is 13.1. The number of hydrogen-bond donors (Lipinski definition) is 1. The summed E-state index contributed by atoms with van der Waals surface area (Å²) < 4.78 is 5.93. The zero-order valence-electron chi connectivity index (χ0n) is 11.9. The normalized spacial score (nSPS) is 28.6. The monoisotopic (exact) mass is 260 g/mol. The van der Waals surface area contributed by atoms with Gasteiger partial charge in [-0.25, -0.2) is 0 Å². The lowest BCUT2D eigenvalue weighted by Crippen LogP contribution is -2.46. The Labute approximate surface area is 115 Å². The Hall–Kier alpha value is -0.900. The second-order valence-corrected chi connectivity index (χ2v) is 5.95. The topological polar surface area (TPSA) is 38.5 Å². The molecule has 2 fully saturated rings. The van der Waals surface area contributed by atoms with E-state index in [-0.39, 0.29) is 0 Å². The molecule has 2 bridgehead atoms. The van der Waals surface area contributed by atoms with Gasteiger partial charge in [0.2, 0.25) is 0 Å². The first-order valence-corrected chi connectivity index (χ1v) is 7.34. The van der Waals surface area contributed by atoms with Crippen molar-refractivity contribution in [3.8, 4) is 0 Å². The van der Waals surface area contributed by atoms with E-state index in [1.54, 1.807) is 0 Å². The largest absolute Gasteiger partial charge is 0.372 e. The number of rotatable bonds is 3. The number of benzene rings is 1. The Kier molecular flexibility index (Phi) is 3.61. The number of nitrogens with zero attached hydrogens (tertiary/aromatic N) is 1. The molecule has 0 spiro atoms. The van der Waals surface area contributed by atoms with Crippen LogP contribution in [0.5, 0.6) is 0 Å². The molecule has 0 aliphatic carbocycles. The van der Waals surface area contributed by atoms with Gasteiger partial charge in [0.1, 0.15) is 0 Å². The minimum atomic E-state index is 0.340. The van der Waals surface area contributed by atoms with Crippen LogP contribution in [-0.4, -0.2) is 36.7 Å². The first-order valence-electron chi connectivity index (χ1n) is 7.34. The van der Waals surface area contributed by atoms with Crippen molar-refractivity contribution in [1.82, 2.24) is 4.90 Å². The number of morpholine rings is 1. The van der Waals surface area contributed by atoms with Crippen LogP contribution in [0, 0.1) is 13.8 Å². The van der Waals surface area contributed by atoms with Crippen molar-refractivity contribution in [3.63, 3.8) is 0 Å². The van der Waals surface area contributed by atoms with Crippen LogP contribution in [0.3, 0.4) is 0 Å². The molecule has 3 nitrogen and oxygen atoms in total. The van der Waals surface area contributed by atoms with E-state index in [9.17, 15) is 0 Å². The van der Waals surface area contributed by atoms with Crippen LogP contribution in [-0.2, 0) is 4.74 Å². The van der Waals surface area contributed by atoms with Crippen molar-refractivity contribution < 1.29 is 4.74 Å². The third kappa shape index (κ3) is 2.42. The standard InChI is InChI=1S/C16H24N2O/c1-11-4-3-5-15(12(11)2)16(8-17)18-9-13-6-7-14(10-18)19-13/h3-5,13-14,16H,6-10,17H2,1-2H3. The van der Waals surface area contributed by atoms with Gasteiger partial charge in [-0.15, -0.1) is 0 Å². The highest BCUT2D eigenvalue weighted by atomic mass is 16.5. The van der Waals surface area contributed by atoms with Crippen LogP contribution >= 0.6 is 0 Å². The number of aryl methyl sites for hydroxylation is 1. The number of fused-ring (bicyclic) bond motifs is 2. The summed E-state index contributed by atoms with van der Waals surface area (Å²) in [5, 5.41) is 0. The number of nitrogens with two attached hydrogens (primary N) is 1. The molecule has 1 aromatic rings. The molecule has 0 radical (unpaired) electrons. The van der Waals surface area contributed by atoms with Gasteiger partial charge in [-0.3, -0.25) is 4.90 Å². The van der Waals surface area contributed by atoms with E-state index in [0.717, 1.165) is 13.1 Å². The highest BCUT2D eigenvalue weighted by molar-refractivity contribution is 5.35. The summed E-state index contributed by atoms with van der Waals surface area (Å²) in [6.07, 6.45) is 3.28. The fraction of sp³-hybridized carbons (Fsp3) is 0.625. The molecule has 1 aromatic carbocycles. The Morgan fingerprint density at radius 3 is 2.58 bits per heavy atom. The van der Waals surface area contributed by atoms with Gasteiger partial charge in [-0.1, -0.05) is 18.2 Å².